The van der Waals surface area contributed by atoms with E-state index in [1.54, 1.807) is 0 Å². The highest BCUT2D eigenvalue weighted by molar-refractivity contribution is 9.10. The maximum absolute atomic E-state index is 12.4. The summed E-state index contributed by atoms with van der Waals surface area (Å²) in [5.41, 5.74) is 0. The van der Waals surface area contributed by atoms with Gasteiger partial charge in [0.05, 0.1) is 0 Å². The van der Waals surface area contributed by atoms with Gasteiger partial charge in [-0.25, -0.2) is 13.2 Å². The molecule has 0 aromatic carbocycles. The standard InChI is InChI=1S/C11H14BrNO5S/c1-6(7-3-4-7)13(2)19(16,17)9-5-8(11(14)15)18-10(9)12/h5-7H,3-4H2,1-2H3,(H,14,15). The Morgan fingerprint density at radius 2 is 2.16 bits per heavy atom. The Balaban J connectivity index is 2.35. The van der Waals surface area contributed by atoms with Crippen molar-refractivity contribution in [2.24, 2.45) is 5.92 Å². The summed E-state index contributed by atoms with van der Waals surface area (Å²) in [5.74, 6) is -1.33. The van der Waals surface area contributed by atoms with Crippen LogP contribution in [0.1, 0.15) is 30.3 Å². The predicted octanol–water partition coefficient (Wildman–Crippen LogP) is 2.16. The van der Waals surface area contributed by atoms with Gasteiger partial charge in [-0.1, -0.05) is 0 Å². The van der Waals surface area contributed by atoms with Crippen molar-refractivity contribution in [3.8, 4) is 0 Å². The van der Waals surface area contributed by atoms with Crippen LogP contribution in [0.25, 0.3) is 0 Å². The molecule has 106 valence electrons. The fourth-order valence-corrected chi connectivity index (χ4v) is 4.21. The maximum atomic E-state index is 12.4. The molecule has 0 amide bonds. The Labute approximate surface area is 119 Å². The SMILES string of the molecule is CC(C1CC1)N(C)S(=O)(=O)c1cc(C(=O)O)oc1Br. The zero-order valence-electron chi connectivity index (χ0n) is 10.5. The Bertz CT molecular complexity index is 605. The quantitative estimate of drug-likeness (QED) is 0.877. The Morgan fingerprint density at radius 3 is 2.58 bits per heavy atom. The van der Waals surface area contributed by atoms with Gasteiger partial charge < -0.3 is 9.52 Å². The number of hydrogen-bond acceptors (Lipinski definition) is 4. The number of aromatic carboxylic acids is 1. The fraction of sp³-hybridized carbons (Fsp3) is 0.545. The molecule has 8 heteroatoms. The molecule has 1 aliphatic rings. The van der Waals surface area contributed by atoms with Gasteiger partial charge >= 0.3 is 5.97 Å². The van der Waals surface area contributed by atoms with Gasteiger partial charge in [-0.05, 0) is 41.6 Å². The number of furan rings is 1. The average molecular weight is 352 g/mol. The molecule has 1 N–H and O–H groups in total. The third-order valence-electron chi connectivity index (χ3n) is 3.40. The molecule has 1 saturated carbocycles. The maximum Gasteiger partial charge on any atom is 0.371 e. The van der Waals surface area contributed by atoms with E-state index >= 15 is 0 Å². The van der Waals surface area contributed by atoms with Crippen molar-refractivity contribution >= 4 is 31.9 Å². The van der Waals surface area contributed by atoms with E-state index in [0.29, 0.717) is 5.92 Å². The number of carbonyl (C=O) groups is 1. The molecule has 0 spiro atoms. The molecular formula is C11H14BrNO5S. The Morgan fingerprint density at radius 1 is 1.58 bits per heavy atom. The van der Waals surface area contributed by atoms with E-state index in [2.05, 4.69) is 15.9 Å². The van der Waals surface area contributed by atoms with Gasteiger partial charge in [-0.15, -0.1) is 0 Å². The second-order valence-corrected chi connectivity index (χ2v) is 7.34. The van der Waals surface area contributed by atoms with Gasteiger partial charge in [-0.2, -0.15) is 4.31 Å². The first-order chi connectivity index (χ1) is 8.75. The molecule has 1 aromatic rings. The zero-order chi connectivity index (χ0) is 14.4. The highest BCUT2D eigenvalue weighted by atomic mass is 79.9. The van der Waals surface area contributed by atoms with Gasteiger partial charge in [0.1, 0.15) is 4.90 Å². The topological polar surface area (TPSA) is 87.8 Å². The first-order valence-electron chi connectivity index (χ1n) is 5.75. The lowest BCUT2D eigenvalue weighted by Crippen LogP contribution is -2.36. The normalized spacial score (nSPS) is 17.7. The minimum Gasteiger partial charge on any atom is -0.475 e. The summed E-state index contributed by atoms with van der Waals surface area (Å²) in [4.78, 5) is 10.6. The molecule has 0 saturated heterocycles. The van der Waals surface area contributed by atoms with Gasteiger partial charge in [0.2, 0.25) is 15.8 Å². The summed E-state index contributed by atoms with van der Waals surface area (Å²) in [7, 11) is -2.26. The van der Waals surface area contributed by atoms with Crippen LogP contribution in [0.5, 0.6) is 0 Å². The number of nitrogens with zero attached hydrogens (tertiary/aromatic N) is 1. The highest BCUT2D eigenvalue weighted by Gasteiger charge is 2.38. The van der Waals surface area contributed by atoms with Gasteiger partial charge in [0.25, 0.3) is 0 Å². The summed E-state index contributed by atoms with van der Waals surface area (Å²) in [5, 5.41) is 8.81. The molecule has 1 aromatic heterocycles. The molecule has 1 atom stereocenters. The largest absolute Gasteiger partial charge is 0.475 e. The molecule has 0 aliphatic heterocycles. The second kappa shape index (κ2) is 4.92. The monoisotopic (exact) mass is 351 g/mol. The molecule has 6 nitrogen and oxygen atoms in total. The second-order valence-electron chi connectivity index (χ2n) is 4.65. The lowest BCUT2D eigenvalue weighted by Gasteiger charge is -2.23. The summed E-state index contributed by atoms with van der Waals surface area (Å²) in [6, 6.07) is 0.915. The van der Waals surface area contributed by atoms with Crippen molar-refractivity contribution in [2.75, 3.05) is 7.05 Å². The first-order valence-corrected chi connectivity index (χ1v) is 7.99. The van der Waals surface area contributed by atoms with E-state index in [4.69, 9.17) is 9.52 Å². The minimum atomic E-state index is -3.76. The lowest BCUT2D eigenvalue weighted by atomic mass is 10.2. The molecule has 19 heavy (non-hydrogen) atoms. The molecular weight excluding hydrogens is 338 g/mol. The van der Waals surface area contributed by atoms with E-state index in [-0.39, 0.29) is 15.6 Å². The Hall–Kier alpha value is -0.860. The number of hydrogen-bond donors (Lipinski definition) is 1. The summed E-state index contributed by atoms with van der Waals surface area (Å²) in [6.07, 6.45) is 2.04. The van der Waals surface area contributed by atoms with Crippen LogP contribution in [0.3, 0.4) is 0 Å². The van der Waals surface area contributed by atoms with Crippen molar-refractivity contribution in [3.05, 3.63) is 16.5 Å². The first kappa shape index (κ1) is 14.5. The summed E-state index contributed by atoms with van der Waals surface area (Å²) < 4.78 is 30.9. The molecule has 2 rings (SSSR count). The van der Waals surface area contributed by atoms with Crippen molar-refractivity contribution in [1.82, 2.24) is 4.31 Å². The van der Waals surface area contributed by atoms with Crippen LogP contribution in [0, 0.1) is 5.92 Å². The molecule has 1 aliphatic carbocycles. The predicted molar refractivity (Wildman–Crippen MR) is 70.5 cm³/mol. The summed E-state index contributed by atoms with van der Waals surface area (Å²) >= 11 is 2.96. The lowest BCUT2D eigenvalue weighted by molar-refractivity contribution is 0.0661. The minimum absolute atomic E-state index is 0.0836. The Kier molecular flexibility index (Phi) is 3.76. The van der Waals surface area contributed by atoms with E-state index in [1.807, 2.05) is 6.92 Å². The molecule has 1 fully saturated rings. The van der Waals surface area contributed by atoms with Crippen LogP contribution >= 0.6 is 15.9 Å². The third-order valence-corrected chi connectivity index (χ3v) is 6.20. The van der Waals surface area contributed by atoms with Gasteiger partial charge in [0, 0.05) is 19.2 Å². The van der Waals surface area contributed by atoms with Crippen LogP contribution in [-0.4, -0.2) is 36.9 Å². The number of carboxylic acids is 1. The molecule has 1 heterocycles. The number of halogens is 1. The van der Waals surface area contributed by atoms with Crippen molar-refractivity contribution in [3.63, 3.8) is 0 Å². The highest BCUT2D eigenvalue weighted by Crippen LogP contribution is 2.37. The van der Waals surface area contributed by atoms with Crippen LogP contribution in [0.2, 0.25) is 0 Å². The van der Waals surface area contributed by atoms with Gasteiger partial charge in [-0.3, -0.25) is 0 Å². The number of sulfonamides is 1. The van der Waals surface area contributed by atoms with Gasteiger partial charge in [0.15, 0.2) is 4.67 Å². The number of carboxylic acid groups (broad SMARTS) is 1. The van der Waals surface area contributed by atoms with Crippen LogP contribution in [0.15, 0.2) is 20.0 Å². The smallest absolute Gasteiger partial charge is 0.371 e. The van der Waals surface area contributed by atoms with Crippen LogP contribution in [-0.2, 0) is 10.0 Å². The fourth-order valence-electron chi connectivity index (χ4n) is 1.88. The van der Waals surface area contributed by atoms with E-state index in [1.165, 1.54) is 11.4 Å². The zero-order valence-corrected chi connectivity index (χ0v) is 12.9. The van der Waals surface area contributed by atoms with E-state index < -0.39 is 21.8 Å². The third kappa shape index (κ3) is 2.70. The van der Waals surface area contributed by atoms with E-state index in [0.717, 1.165) is 18.9 Å². The van der Waals surface area contributed by atoms with Crippen LogP contribution in [0.4, 0.5) is 0 Å². The number of rotatable bonds is 5. The van der Waals surface area contributed by atoms with Crippen molar-refractivity contribution in [1.29, 1.82) is 0 Å². The van der Waals surface area contributed by atoms with Crippen molar-refractivity contribution in [2.45, 2.75) is 30.7 Å². The summed E-state index contributed by atoms with van der Waals surface area (Å²) in [6.45, 7) is 1.85. The molecule has 0 bridgehead atoms. The molecule has 1 unspecified atom stereocenters. The van der Waals surface area contributed by atoms with Crippen molar-refractivity contribution < 1.29 is 22.7 Å². The van der Waals surface area contributed by atoms with E-state index in [9.17, 15) is 13.2 Å². The average Bonchev–Trinajstić information content (AvgIpc) is 3.09. The molecule has 0 radical (unpaired) electrons. The van der Waals surface area contributed by atoms with Crippen LogP contribution < -0.4 is 0 Å².